The van der Waals surface area contributed by atoms with Gasteiger partial charge >= 0.3 is 7.05 Å². The Kier molecular flexibility index (Phi) is 6.28. The monoisotopic (exact) mass is 624 g/mol. The molecule has 0 N–H and O–H groups in total. The molecule has 0 amide bonds. The maximum absolute atomic E-state index is 6.65. The van der Waals surface area contributed by atoms with Crippen molar-refractivity contribution in [1.82, 2.24) is 9.55 Å². The Bertz CT molecular complexity index is 2350. The van der Waals surface area contributed by atoms with Gasteiger partial charge in [0.05, 0.1) is 28.1 Å². The first-order valence-corrected chi connectivity index (χ1v) is 16.3. The van der Waals surface area contributed by atoms with Crippen molar-refractivity contribution < 1.29 is 14.0 Å². The molecule has 48 heavy (non-hydrogen) atoms. The zero-order chi connectivity index (χ0) is 32.6. The van der Waals surface area contributed by atoms with Crippen molar-refractivity contribution >= 4 is 35.1 Å². The molecule has 7 aromatic rings. The number of nitrogens with zero attached hydrogens (tertiary/aromatic N) is 4. The Balaban J connectivity index is 1.13. The van der Waals surface area contributed by atoms with E-state index in [4.69, 9.17) is 14.4 Å². The first-order valence-electron chi connectivity index (χ1n) is 16.3. The molecule has 6 nitrogen and oxygen atoms in total. The van der Waals surface area contributed by atoms with Gasteiger partial charge in [0, 0.05) is 17.7 Å². The lowest BCUT2D eigenvalue weighted by Gasteiger charge is -2.34. The number of para-hydroxylation sites is 2. The number of pyridine rings is 1. The van der Waals surface area contributed by atoms with E-state index in [-0.39, 0.29) is 12.5 Å². The molecular weight excluding hydrogens is 591 g/mol. The minimum Gasteiger partial charge on any atom is -0.536 e. The zero-order valence-electron chi connectivity index (χ0n) is 27.3. The van der Waals surface area contributed by atoms with Crippen molar-refractivity contribution in [3.8, 4) is 28.6 Å². The van der Waals surface area contributed by atoms with Crippen LogP contribution in [0.15, 0.2) is 128 Å². The number of benzene rings is 5. The van der Waals surface area contributed by atoms with Crippen LogP contribution in [0.2, 0.25) is 0 Å². The number of anilines is 2. The molecule has 232 valence electrons. The summed E-state index contributed by atoms with van der Waals surface area (Å²) < 4.78 is 17.6. The fourth-order valence-electron chi connectivity index (χ4n) is 7.47. The molecule has 2 aliphatic heterocycles. The maximum Gasteiger partial charge on any atom is 0.526 e. The topological polar surface area (TPSA) is 43.4 Å². The molecule has 0 aliphatic carbocycles. The molecule has 0 saturated carbocycles. The number of fused-ring (bicyclic) bond motifs is 3. The molecule has 0 bridgehead atoms. The van der Waals surface area contributed by atoms with Crippen LogP contribution in [0.1, 0.15) is 36.1 Å². The van der Waals surface area contributed by atoms with E-state index in [9.17, 15) is 0 Å². The van der Waals surface area contributed by atoms with Crippen LogP contribution < -0.4 is 24.2 Å². The summed E-state index contributed by atoms with van der Waals surface area (Å²) in [6.07, 6.45) is 5.49. The second kappa shape index (κ2) is 10.6. The van der Waals surface area contributed by atoms with E-state index >= 15 is 0 Å². The Labute approximate surface area is 280 Å². The summed E-state index contributed by atoms with van der Waals surface area (Å²) in [6, 6.07) is 41.7. The second-order valence-corrected chi connectivity index (χ2v) is 13.1. The average molecular weight is 625 g/mol. The van der Waals surface area contributed by atoms with E-state index in [0.29, 0.717) is 0 Å². The summed E-state index contributed by atoms with van der Waals surface area (Å²) in [5.74, 6) is 3.07. The summed E-state index contributed by atoms with van der Waals surface area (Å²) >= 11 is 0. The van der Waals surface area contributed by atoms with Gasteiger partial charge in [-0.15, -0.1) is 0 Å². The molecule has 0 unspecified atom stereocenters. The van der Waals surface area contributed by atoms with Gasteiger partial charge in [-0.1, -0.05) is 91.7 Å². The van der Waals surface area contributed by atoms with E-state index < -0.39 is 0 Å². The van der Waals surface area contributed by atoms with E-state index in [1.165, 1.54) is 22.3 Å². The Morgan fingerprint density at radius 3 is 2.25 bits per heavy atom. The zero-order valence-corrected chi connectivity index (χ0v) is 27.3. The number of hydrogen-bond donors (Lipinski definition) is 0. The molecule has 7 heteroatoms. The standard InChI is InChI=1S/C41H33BN4O2/c1-27-12-10-13-28(2)39(27)42-46(38-18-8-9-23-43-38)36-25-31(20-22-37(36)48-42)47-30-19-21-32-35(24-30)45-26-44(29-14-6-5-7-15-29)34-17-11-16-33(40(34)45)41(32,3)4/h5-25H,1-4H3. The number of imidazole rings is 1. The van der Waals surface area contributed by atoms with Gasteiger partial charge in [0.25, 0.3) is 6.33 Å². The molecule has 0 spiro atoms. The maximum atomic E-state index is 6.65. The second-order valence-electron chi connectivity index (χ2n) is 13.1. The van der Waals surface area contributed by atoms with Crippen LogP contribution in [0.25, 0.3) is 22.4 Å². The molecule has 0 fully saturated rings. The predicted octanol–water partition coefficient (Wildman–Crippen LogP) is 8.08. The molecule has 9 rings (SSSR count). The van der Waals surface area contributed by atoms with Gasteiger partial charge in [-0.25, -0.2) is 4.98 Å². The van der Waals surface area contributed by atoms with Gasteiger partial charge in [-0.05, 0) is 79.0 Å². The highest BCUT2D eigenvalue weighted by molar-refractivity contribution is 6.75. The van der Waals surface area contributed by atoms with Gasteiger partial charge < -0.3 is 14.2 Å². The van der Waals surface area contributed by atoms with Crippen molar-refractivity contribution in [1.29, 1.82) is 0 Å². The van der Waals surface area contributed by atoms with Crippen molar-refractivity contribution in [2.75, 3.05) is 4.81 Å². The summed E-state index contributed by atoms with van der Waals surface area (Å²) in [7, 11) is -0.347. The Hall–Kier alpha value is -5.82. The first kappa shape index (κ1) is 28.4. The van der Waals surface area contributed by atoms with Crippen molar-refractivity contribution in [3.63, 3.8) is 0 Å². The van der Waals surface area contributed by atoms with E-state index in [2.05, 4.69) is 133 Å². The van der Waals surface area contributed by atoms with Crippen LogP contribution in [0.5, 0.6) is 17.2 Å². The summed E-state index contributed by atoms with van der Waals surface area (Å²) in [4.78, 5) is 6.89. The summed E-state index contributed by atoms with van der Waals surface area (Å²) in [5, 5.41) is 0. The number of aryl methyl sites for hydroxylation is 2. The van der Waals surface area contributed by atoms with Crippen molar-refractivity contribution in [2.24, 2.45) is 0 Å². The SMILES string of the molecule is Cc1cccc(C)c1B1Oc2ccc(Oc3ccc4c(c3)-n3[c-][n+](-c5ccccc5)c5cccc(c53)C4(C)C)cc2N1c1ccccn1. The third-order valence-corrected chi connectivity index (χ3v) is 9.83. The lowest BCUT2D eigenvalue weighted by molar-refractivity contribution is -0.572. The minimum atomic E-state index is -0.347. The van der Waals surface area contributed by atoms with Crippen LogP contribution in [0.3, 0.4) is 0 Å². The average Bonchev–Trinajstić information content (AvgIpc) is 3.67. The highest BCUT2D eigenvalue weighted by Gasteiger charge is 2.42. The van der Waals surface area contributed by atoms with Crippen LogP contribution >= 0.6 is 0 Å². The van der Waals surface area contributed by atoms with Crippen LogP contribution in [-0.4, -0.2) is 16.6 Å². The van der Waals surface area contributed by atoms with Crippen LogP contribution in [-0.2, 0) is 5.41 Å². The minimum absolute atomic E-state index is 0.207. The molecule has 2 aliphatic rings. The number of ether oxygens (including phenoxy) is 1. The summed E-state index contributed by atoms with van der Waals surface area (Å²) in [6.45, 7) is 8.85. The van der Waals surface area contributed by atoms with Crippen LogP contribution in [0, 0.1) is 20.2 Å². The summed E-state index contributed by atoms with van der Waals surface area (Å²) in [5.41, 5.74) is 11.1. The smallest absolute Gasteiger partial charge is 0.526 e. The van der Waals surface area contributed by atoms with Gasteiger partial charge in [0.15, 0.2) is 0 Å². The highest BCUT2D eigenvalue weighted by atomic mass is 16.5. The quantitative estimate of drug-likeness (QED) is 0.110. The fourth-order valence-corrected chi connectivity index (χ4v) is 7.47. The fraction of sp³-hybridized carbons (Fsp3) is 0.122. The molecule has 5 aromatic carbocycles. The molecule has 0 saturated heterocycles. The highest BCUT2D eigenvalue weighted by Crippen LogP contribution is 2.46. The lowest BCUT2D eigenvalue weighted by Crippen LogP contribution is -2.49. The van der Waals surface area contributed by atoms with Crippen molar-refractivity contribution in [3.05, 3.63) is 156 Å². The number of hydrogen-bond acceptors (Lipinski definition) is 4. The number of rotatable bonds is 5. The largest absolute Gasteiger partial charge is 0.536 e. The lowest BCUT2D eigenvalue weighted by atomic mass is 9.67. The predicted molar refractivity (Wildman–Crippen MR) is 191 cm³/mol. The third-order valence-electron chi connectivity index (χ3n) is 9.83. The molecule has 4 heterocycles. The third kappa shape index (κ3) is 4.27. The van der Waals surface area contributed by atoms with Gasteiger partial charge in [-0.3, -0.25) is 9.13 Å². The first-order chi connectivity index (χ1) is 23.4. The van der Waals surface area contributed by atoms with E-state index in [1.807, 2.05) is 42.6 Å². The van der Waals surface area contributed by atoms with E-state index in [1.54, 1.807) is 0 Å². The normalized spacial score (nSPS) is 14.1. The molecular formula is C41H33BN4O2. The molecule has 0 radical (unpaired) electrons. The molecule has 0 atom stereocenters. The van der Waals surface area contributed by atoms with E-state index in [0.717, 1.165) is 56.6 Å². The van der Waals surface area contributed by atoms with Crippen LogP contribution in [0.4, 0.5) is 11.5 Å². The Morgan fingerprint density at radius 2 is 1.48 bits per heavy atom. The number of aromatic nitrogens is 3. The molecule has 2 aromatic heterocycles. The Morgan fingerprint density at radius 1 is 0.750 bits per heavy atom. The van der Waals surface area contributed by atoms with Crippen molar-refractivity contribution in [2.45, 2.75) is 33.1 Å². The van der Waals surface area contributed by atoms with Gasteiger partial charge in [0.2, 0.25) is 0 Å². The van der Waals surface area contributed by atoms with Gasteiger partial charge in [0.1, 0.15) is 23.1 Å². The van der Waals surface area contributed by atoms with Gasteiger partial charge in [-0.2, -0.15) is 0 Å².